The van der Waals surface area contributed by atoms with Crippen molar-refractivity contribution < 1.29 is 14.7 Å². The Labute approximate surface area is 152 Å². The van der Waals surface area contributed by atoms with Crippen molar-refractivity contribution in [3.8, 4) is 0 Å². The molecule has 0 spiro atoms. The number of hydrogen-bond acceptors (Lipinski definition) is 3. The largest absolute Gasteiger partial charge is 0.481 e. The van der Waals surface area contributed by atoms with Gasteiger partial charge in [-0.2, -0.15) is 0 Å². The molecule has 0 atom stereocenters. The Morgan fingerprint density at radius 1 is 1.12 bits per heavy atom. The number of hydrogen-bond donors (Lipinski definition) is 4. The Morgan fingerprint density at radius 2 is 1.77 bits per heavy atom. The lowest BCUT2D eigenvalue weighted by Crippen LogP contribution is -2.24. The Bertz CT molecular complexity index is 831. The zero-order valence-corrected chi connectivity index (χ0v) is 14.7. The normalized spacial score (nSPS) is 10.3. The van der Waals surface area contributed by atoms with Crippen molar-refractivity contribution in [2.24, 2.45) is 5.73 Å². The fraction of sp³-hybridized carbons (Fsp3) is 0.250. The van der Waals surface area contributed by atoms with Crippen LogP contribution in [0.1, 0.15) is 46.0 Å². The van der Waals surface area contributed by atoms with Gasteiger partial charge < -0.3 is 16.2 Å². The lowest BCUT2D eigenvalue weighted by atomic mass is 9.95. The van der Waals surface area contributed by atoms with Crippen molar-refractivity contribution in [3.05, 3.63) is 70.3 Å². The minimum absolute atomic E-state index is 0.0840. The lowest BCUT2D eigenvalue weighted by molar-refractivity contribution is -0.136. The molecule has 0 aliphatic heterocycles. The third kappa shape index (κ3) is 4.92. The van der Waals surface area contributed by atoms with E-state index in [2.05, 4.69) is 5.32 Å². The van der Waals surface area contributed by atoms with Gasteiger partial charge in [-0.25, -0.2) is 0 Å². The maximum Gasteiger partial charge on any atom is 0.303 e. The SMILES string of the molecule is CCc1c(CCC(=O)O)cccc1CNC(=O)c1cccc(C(=N)N)c1. The molecule has 6 nitrogen and oxygen atoms in total. The summed E-state index contributed by atoms with van der Waals surface area (Å²) in [6.07, 6.45) is 1.32. The molecular weight excluding hydrogens is 330 g/mol. The second-order valence-electron chi connectivity index (χ2n) is 5.98. The van der Waals surface area contributed by atoms with Crippen LogP contribution in [0.2, 0.25) is 0 Å². The van der Waals surface area contributed by atoms with Crippen LogP contribution < -0.4 is 11.1 Å². The maximum absolute atomic E-state index is 12.4. The van der Waals surface area contributed by atoms with E-state index in [1.165, 1.54) is 0 Å². The molecule has 0 bridgehead atoms. The fourth-order valence-corrected chi connectivity index (χ4v) is 2.89. The summed E-state index contributed by atoms with van der Waals surface area (Å²) in [5.74, 6) is -1.15. The molecule has 0 radical (unpaired) electrons. The standard InChI is InChI=1S/C20H23N3O3/c1-2-17-13(9-10-18(24)25)5-3-8-16(17)12-23-20(26)15-7-4-6-14(11-15)19(21)22/h3-8,11H,2,9-10,12H2,1H3,(H3,21,22)(H,23,26)(H,24,25). The molecule has 136 valence electrons. The average Bonchev–Trinajstić information content (AvgIpc) is 2.64. The van der Waals surface area contributed by atoms with Crippen LogP contribution in [0, 0.1) is 5.41 Å². The number of carboxylic acid groups (broad SMARTS) is 1. The first-order valence-electron chi connectivity index (χ1n) is 8.46. The second-order valence-corrected chi connectivity index (χ2v) is 5.98. The van der Waals surface area contributed by atoms with Gasteiger partial charge in [0.15, 0.2) is 0 Å². The van der Waals surface area contributed by atoms with Crippen molar-refractivity contribution in [2.45, 2.75) is 32.7 Å². The van der Waals surface area contributed by atoms with Crippen LogP contribution in [0.4, 0.5) is 0 Å². The van der Waals surface area contributed by atoms with Gasteiger partial charge in [0.05, 0.1) is 0 Å². The predicted octanol–water partition coefficient (Wildman–Crippen LogP) is 2.48. The summed E-state index contributed by atoms with van der Waals surface area (Å²) in [4.78, 5) is 23.2. The quantitative estimate of drug-likeness (QED) is 0.431. The van der Waals surface area contributed by atoms with E-state index < -0.39 is 5.97 Å². The van der Waals surface area contributed by atoms with Crippen molar-refractivity contribution in [1.29, 1.82) is 5.41 Å². The Morgan fingerprint density at radius 3 is 2.42 bits per heavy atom. The minimum atomic E-state index is -0.823. The number of carboxylic acids is 1. The molecule has 0 aromatic heterocycles. The number of nitrogen functional groups attached to an aromatic ring is 1. The molecule has 1 amide bonds. The first-order valence-corrected chi connectivity index (χ1v) is 8.46. The monoisotopic (exact) mass is 353 g/mol. The maximum atomic E-state index is 12.4. The first-order chi connectivity index (χ1) is 12.4. The van der Waals surface area contributed by atoms with Crippen LogP contribution in [0.15, 0.2) is 42.5 Å². The van der Waals surface area contributed by atoms with Gasteiger partial charge in [-0.3, -0.25) is 15.0 Å². The van der Waals surface area contributed by atoms with Crippen LogP contribution in [-0.4, -0.2) is 22.8 Å². The molecule has 0 aliphatic rings. The molecule has 0 saturated carbocycles. The molecule has 0 unspecified atom stereocenters. The molecule has 2 aromatic rings. The zero-order chi connectivity index (χ0) is 19.1. The van der Waals surface area contributed by atoms with E-state index in [-0.39, 0.29) is 18.2 Å². The van der Waals surface area contributed by atoms with E-state index in [4.69, 9.17) is 16.2 Å². The molecule has 6 heteroatoms. The molecular formula is C20H23N3O3. The summed E-state index contributed by atoms with van der Waals surface area (Å²) >= 11 is 0. The summed E-state index contributed by atoms with van der Waals surface area (Å²) in [6.45, 7) is 2.37. The molecule has 2 aromatic carbocycles. The number of nitrogens with two attached hydrogens (primary N) is 1. The number of rotatable bonds is 8. The average molecular weight is 353 g/mol. The first kappa shape index (κ1) is 19.2. The summed E-state index contributed by atoms with van der Waals surface area (Å²) in [7, 11) is 0. The van der Waals surface area contributed by atoms with E-state index in [0.29, 0.717) is 24.1 Å². The molecule has 2 rings (SSSR count). The van der Waals surface area contributed by atoms with Crippen molar-refractivity contribution in [1.82, 2.24) is 5.32 Å². The van der Waals surface area contributed by atoms with Gasteiger partial charge in [0, 0.05) is 24.1 Å². The van der Waals surface area contributed by atoms with E-state index in [9.17, 15) is 9.59 Å². The number of benzene rings is 2. The van der Waals surface area contributed by atoms with Crippen LogP contribution in [-0.2, 0) is 24.2 Å². The zero-order valence-electron chi connectivity index (χ0n) is 14.7. The summed E-state index contributed by atoms with van der Waals surface area (Å²) in [5, 5.41) is 19.2. The van der Waals surface area contributed by atoms with Gasteiger partial charge in [0.2, 0.25) is 0 Å². The number of amidine groups is 1. The van der Waals surface area contributed by atoms with Crippen LogP contribution in [0.25, 0.3) is 0 Å². The predicted molar refractivity (Wildman–Crippen MR) is 100 cm³/mol. The van der Waals surface area contributed by atoms with Crippen LogP contribution in [0.5, 0.6) is 0 Å². The third-order valence-electron chi connectivity index (χ3n) is 4.21. The number of nitrogens with one attached hydrogen (secondary N) is 2. The van der Waals surface area contributed by atoms with Crippen molar-refractivity contribution in [3.63, 3.8) is 0 Å². The van der Waals surface area contributed by atoms with Crippen molar-refractivity contribution in [2.75, 3.05) is 0 Å². The van der Waals surface area contributed by atoms with E-state index >= 15 is 0 Å². The molecule has 0 heterocycles. The van der Waals surface area contributed by atoms with Crippen molar-refractivity contribution >= 4 is 17.7 Å². The second kappa shape index (κ2) is 8.80. The van der Waals surface area contributed by atoms with Crippen LogP contribution in [0.3, 0.4) is 0 Å². The third-order valence-corrected chi connectivity index (χ3v) is 4.21. The van der Waals surface area contributed by atoms with Gasteiger partial charge >= 0.3 is 5.97 Å². The summed E-state index contributed by atoms with van der Waals surface area (Å²) in [5.41, 5.74) is 9.46. The Kier molecular flexibility index (Phi) is 6.49. The van der Waals surface area contributed by atoms with Crippen LogP contribution >= 0.6 is 0 Å². The number of aliphatic carboxylic acids is 1. The highest BCUT2D eigenvalue weighted by atomic mass is 16.4. The number of amides is 1. The highest BCUT2D eigenvalue weighted by Gasteiger charge is 2.11. The minimum Gasteiger partial charge on any atom is -0.481 e. The van der Waals surface area contributed by atoms with E-state index in [1.54, 1.807) is 24.3 Å². The van der Waals surface area contributed by atoms with Gasteiger partial charge in [0.25, 0.3) is 5.91 Å². The summed E-state index contributed by atoms with van der Waals surface area (Å²) in [6, 6.07) is 12.4. The van der Waals surface area contributed by atoms with Gasteiger partial charge in [-0.15, -0.1) is 0 Å². The van der Waals surface area contributed by atoms with Gasteiger partial charge in [-0.05, 0) is 41.7 Å². The van der Waals surface area contributed by atoms with Gasteiger partial charge in [-0.1, -0.05) is 37.3 Å². The topological polar surface area (TPSA) is 116 Å². The molecule has 0 fully saturated rings. The number of carbonyl (C=O) groups is 2. The number of aryl methyl sites for hydroxylation is 1. The molecule has 0 saturated heterocycles. The van der Waals surface area contributed by atoms with E-state index in [0.717, 1.165) is 23.1 Å². The highest BCUT2D eigenvalue weighted by molar-refractivity contribution is 6.00. The Balaban J connectivity index is 2.12. The molecule has 26 heavy (non-hydrogen) atoms. The van der Waals surface area contributed by atoms with E-state index in [1.807, 2.05) is 25.1 Å². The lowest BCUT2D eigenvalue weighted by Gasteiger charge is -2.14. The molecule has 5 N–H and O–H groups in total. The smallest absolute Gasteiger partial charge is 0.303 e. The Hall–Kier alpha value is -3.15. The number of carbonyl (C=O) groups excluding carboxylic acids is 1. The summed E-state index contributed by atoms with van der Waals surface area (Å²) < 4.78 is 0. The highest BCUT2D eigenvalue weighted by Crippen LogP contribution is 2.18. The molecule has 0 aliphatic carbocycles. The fourth-order valence-electron chi connectivity index (χ4n) is 2.89. The van der Waals surface area contributed by atoms with Gasteiger partial charge in [0.1, 0.15) is 5.84 Å².